The summed E-state index contributed by atoms with van der Waals surface area (Å²) in [6.07, 6.45) is 0. The number of rotatable bonds is 8. The Kier molecular flexibility index (Phi) is 7.30. The van der Waals surface area contributed by atoms with Crippen molar-refractivity contribution >= 4 is 17.4 Å². The molecule has 3 aliphatic heterocycles. The van der Waals surface area contributed by atoms with Crippen LogP contribution in [0.15, 0.2) is 35.9 Å². The predicted molar refractivity (Wildman–Crippen MR) is 135 cm³/mol. The summed E-state index contributed by atoms with van der Waals surface area (Å²) >= 11 is 0. The number of hydrogen-bond acceptors (Lipinski definition) is 10. The number of aliphatic hydroxyl groups is 1. The summed E-state index contributed by atoms with van der Waals surface area (Å²) in [5.41, 5.74) is 0.825. The molecule has 38 heavy (non-hydrogen) atoms. The van der Waals surface area contributed by atoms with E-state index in [4.69, 9.17) is 28.4 Å². The summed E-state index contributed by atoms with van der Waals surface area (Å²) in [5.74, 6) is 0.301. The summed E-state index contributed by atoms with van der Waals surface area (Å²) in [6.45, 7) is 3.56. The Hall–Kier alpha value is -3.96. The maximum absolute atomic E-state index is 13.4. The summed E-state index contributed by atoms with van der Waals surface area (Å²) in [6, 6.07) is 7.34. The fourth-order valence-corrected chi connectivity index (χ4v) is 4.99. The lowest BCUT2D eigenvalue weighted by molar-refractivity contribution is -0.140. The van der Waals surface area contributed by atoms with E-state index >= 15 is 0 Å². The zero-order chi connectivity index (χ0) is 26.8. The molecular weight excluding hydrogens is 496 g/mol. The van der Waals surface area contributed by atoms with Crippen molar-refractivity contribution in [2.24, 2.45) is 0 Å². The van der Waals surface area contributed by atoms with E-state index in [1.165, 1.54) is 26.2 Å². The second-order valence-electron chi connectivity index (χ2n) is 8.97. The summed E-state index contributed by atoms with van der Waals surface area (Å²) in [7, 11) is 4.47. The van der Waals surface area contributed by atoms with E-state index < -0.39 is 17.7 Å². The Labute approximate surface area is 220 Å². The molecule has 2 fully saturated rings. The average molecular weight is 527 g/mol. The van der Waals surface area contributed by atoms with Gasteiger partial charge in [-0.05, 0) is 35.9 Å². The molecule has 1 unspecified atom stereocenters. The maximum Gasteiger partial charge on any atom is 0.295 e. The first-order chi connectivity index (χ1) is 18.5. The van der Waals surface area contributed by atoms with E-state index in [0.29, 0.717) is 59.6 Å². The number of likely N-dealkylation sites (tertiary alicyclic amines) is 1. The van der Waals surface area contributed by atoms with Gasteiger partial charge in [0.1, 0.15) is 5.76 Å². The second kappa shape index (κ2) is 10.8. The predicted octanol–water partition coefficient (Wildman–Crippen LogP) is 2.20. The van der Waals surface area contributed by atoms with Gasteiger partial charge in [0.15, 0.2) is 23.0 Å². The van der Waals surface area contributed by atoms with Crippen LogP contribution in [0.5, 0.6) is 28.7 Å². The molecule has 3 heterocycles. The number of carbonyl (C=O) groups is 2. The average Bonchev–Trinajstić information content (AvgIpc) is 3.52. The first-order valence-electron chi connectivity index (χ1n) is 12.2. The highest BCUT2D eigenvalue weighted by molar-refractivity contribution is 6.46. The monoisotopic (exact) mass is 526 g/mol. The van der Waals surface area contributed by atoms with Crippen LogP contribution in [0.4, 0.5) is 0 Å². The minimum absolute atomic E-state index is 0.0369. The lowest BCUT2D eigenvalue weighted by atomic mass is 9.94. The van der Waals surface area contributed by atoms with E-state index in [0.717, 1.165) is 13.1 Å². The van der Waals surface area contributed by atoms with Gasteiger partial charge in [-0.15, -0.1) is 0 Å². The molecular formula is C27H30N2O9. The Morgan fingerprint density at radius 1 is 0.947 bits per heavy atom. The summed E-state index contributed by atoms with van der Waals surface area (Å²) in [5, 5.41) is 11.4. The number of Topliss-reactive ketones (excluding diaryl/α,β-unsaturated/α-hetero) is 1. The van der Waals surface area contributed by atoms with E-state index in [1.807, 2.05) is 0 Å². The van der Waals surface area contributed by atoms with E-state index in [-0.39, 0.29) is 24.7 Å². The van der Waals surface area contributed by atoms with Crippen LogP contribution in [0.2, 0.25) is 0 Å². The van der Waals surface area contributed by atoms with Crippen molar-refractivity contribution in [1.29, 1.82) is 0 Å². The molecule has 0 saturated carbocycles. The van der Waals surface area contributed by atoms with Gasteiger partial charge in [0, 0.05) is 31.7 Å². The normalized spacial score (nSPS) is 20.6. The molecule has 1 atom stereocenters. The number of nitrogens with zero attached hydrogens (tertiary/aromatic N) is 2. The highest BCUT2D eigenvalue weighted by atomic mass is 16.7. The first-order valence-corrected chi connectivity index (χ1v) is 12.2. The van der Waals surface area contributed by atoms with Gasteiger partial charge in [-0.2, -0.15) is 0 Å². The van der Waals surface area contributed by atoms with Crippen molar-refractivity contribution in [2.75, 3.05) is 67.5 Å². The fourth-order valence-electron chi connectivity index (χ4n) is 4.99. The van der Waals surface area contributed by atoms with Gasteiger partial charge in [-0.3, -0.25) is 14.5 Å². The van der Waals surface area contributed by atoms with Crippen LogP contribution in [0.1, 0.15) is 17.2 Å². The van der Waals surface area contributed by atoms with Gasteiger partial charge in [0.25, 0.3) is 11.7 Å². The molecule has 202 valence electrons. The standard InChI is InChI=1S/C27H30N2O9/c1-33-20-13-17(14-21(34-2)26(20)35-3)23-22(24(30)16-4-5-18-19(12-16)38-15-37-18)25(31)27(32)29(23)7-6-28-8-10-36-11-9-28/h4-5,12-14,23,30H,6-11,15H2,1-3H3. The summed E-state index contributed by atoms with van der Waals surface area (Å²) in [4.78, 5) is 30.5. The molecule has 0 aliphatic carbocycles. The number of aliphatic hydroxyl groups excluding tert-OH is 1. The van der Waals surface area contributed by atoms with Crippen LogP contribution in [-0.2, 0) is 14.3 Å². The highest BCUT2D eigenvalue weighted by Crippen LogP contribution is 2.46. The van der Waals surface area contributed by atoms with Gasteiger partial charge >= 0.3 is 0 Å². The topological polar surface area (TPSA) is 116 Å². The smallest absolute Gasteiger partial charge is 0.295 e. The van der Waals surface area contributed by atoms with E-state index in [2.05, 4.69) is 4.90 Å². The summed E-state index contributed by atoms with van der Waals surface area (Å²) < 4.78 is 32.7. The zero-order valence-corrected chi connectivity index (χ0v) is 21.5. The van der Waals surface area contributed by atoms with Crippen molar-refractivity contribution in [2.45, 2.75) is 6.04 Å². The van der Waals surface area contributed by atoms with Crippen molar-refractivity contribution in [3.05, 3.63) is 47.0 Å². The van der Waals surface area contributed by atoms with Gasteiger partial charge in [0.05, 0.1) is 46.2 Å². The van der Waals surface area contributed by atoms with Crippen molar-refractivity contribution < 1.29 is 43.1 Å². The van der Waals surface area contributed by atoms with Crippen LogP contribution in [0, 0.1) is 0 Å². The molecule has 3 aliphatic rings. The molecule has 0 spiro atoms. The molecule has 1 amide bonds. The minimum atomic E-state index is -0.893. The molecule has 0 aromatic heterocycles. The fraction of sp³-hybridized carbons (Fsp3) is 0.407. The Bertz CT molecular complexity index is 1240. The third kappa shape index (κ3) is 4.59. The molecule has 11 heteroatoms. The number of carbonyl (C=O) groups excluding carboxylic acids is 2. The molecule has 0 radical (unpaired) electrons. The van der Waals surface area contributed by atoms with Crippen molar-refractivity contribution in [3.8, 4) is 28.7 Å². The Morgan fingerprint density at radius 3 is 2.29 bits per heavy atom. The number of fused-ring (bicyclic) bond motifs is 1. The number of amides is 1. The highest BCUT2D eigenvalue weighted by Gasteiger charge is 2.46. The quantitative estimate of drug-likeness (QED) is 0.312. The number of morpholine rings is 1. The van der Waals surface area contributed by atoms with Gasteiger partial charge in [-0.25, -0.2) is 0 Å². The number of benzene rings is 2. The van der Waals surface area contributed by atoms with Crippen LogP contribution in [0.3, 0.4) is 0 Å². The number of hydrogen-bond donors (Lipinski definition) is 1. The van der Waals surface area contributed by atoms with Gasteiger partial charge in [0.2, 0.25) is 12.5 Å². The Morgan fingerprint density at radius 2 is 1.63 bits per heavy atom. The van der Waals surface area contributed by atoms with Crippen LogP contribution in [0.25, 0.3) is 5.76 Å². The maximum atomic E-state index is 13.4. The first kappa shape index (κ1) is 25.7. The largest absolute Gasteiger partial charge is 0.507 e. The molecule has 2 saturated heterocycles. The van der Waals surface area contributed by atoms with Crippen LogP contribution in [-0.4, -0.2) is 94.1 Å². The zero-order valence-electron chi connectivity index (χ0n) is 21.5. The third-order valence-electron chi connectivity index (χ3n) is 6.95. The number of ketones is 1. The van der Waals surface area contributed by atoms with Gasteiger partial charge in [-0.1, -0.05) is 0 Å². The van der Waals surface area contributed by atoms with E-state index in [1.54, 1.807) is 30.3 Å². The molecule has 0 bridgehead atoms. The molecule has 2 aromatic carbocycles. The van der Waals surface area contributed by atoms with Crippen molar-refractivity contribution in [1.82, 2.24) is 9.80 Å². The molecule has 2 aromatic rings. The van der Waals surface area contributed by atoms with Gasteiger partial charge < -0.3 is 38.4 Å². The minimum Gasteiger partial charge on any atom is -0.507 e. The third-order valence-corrected chi connectivity index (χ3v) is 6.95. The van der Waals surface area contributed by atoms with E-state index in [9.17, 15) is 14.7 Å². The lowest BCUT2D eigenvalue weighted by Gasteiger charge is -2.31. The van der Waals surface area contributed by atoms with Crippen molar-refractivity contribution in [3.63, 3.8) is 0 Å². The lowest BCUT2D eigenvalue weighted by Crippen LogP contribution is -2.42. The Balaban J connectivity index is 1.61. The number of ether oxygens (including phenoxy) is 6. The SMILES string of the molecule is COc1cc(C2C(=C(O)c3ccc4c(c3)OCO4)C(=O)C(=O)N2CCN2CCOCC2)cc(OC)c1OC. The molecule has 5 rings (SSSR count). The number of methoxy groups -OCH3 is 3. The van der Waals surface area contributed by atoms with Crippen LogP contribution < -0.4 is 23.7 Å². The van der Waals surface area contributed by atoms with Crippen LogP contribution >= 0.6 is 0 Å². The second-order valence-corrected chi connectivity index (χ2v) is 8.97. The molecule has 11 nitrogen and oxygen atoms in total. The molecule has 1 N–H and O–H groups in total.